The number of aromatic nitrogens is 4. The molecule has 0 N–H and O–H groups in total. The summed E-state index contributed by atoms with van der Waals surface area (Å²) in [6.45, 7) is 0. The van der Waals surface area contributed by atoms with Gasteiger partial charge in [-0.2, -0.15) is 0 Å². The maximum atomic E-state index is 12.5. The topological polar surface area (TPSA) is 60.7 Å². The van der Waals surface area contributed by atoms with E-state index < -0.39 is 0 Å². The van der Waals surface area contributed by atoms with Crippen molar-refractivity contribution < 1.29 is 4.79 Å². The van der Waals surface area contributed by atoms with Crippen LogP contribution in [-0.4, -0.2) is 25.8 Å². The highest BCUT2D eigenvalue weighted by atomic mass is 35.5. The zero-order chi connectivity index (χ0) is 13.9. The molecule has 0 saturated heterocycles. The fraction of sp³-hybridized carbons (Fsp3) is 0. The molecule has 20 heavy (non-hydrogen) atoms. The highest BCUT2D eigenvalue weighted by Crippen LogP contribution is 2.15. The van der Waals surface area contributed by atoms with Crippen molar-refractivity contribution in [2.24, 2.45) is 0 Å². The van der Waals surface area contributed by atoms with Gasteiger partial charge in [0.1, 0.15) is 10.8 Å². The van der Waals surface area contributed by atoms with Crippen LogP contribution in [0.25, 0.3) is 5.69 Å². The molecule has 2 heterocycles. The Morgan fingerprint density at radius 1 is 1.15 bits per heavy atom. The van der Waals surface area contributed by atoms with Gasteiger partial charge in [0.2, 0.25) is 5.78 Å². The molecular weight excluding hydrogens is 276 g/mol. The SMILES string of the molecule is O=C(c1ccnc(Cl)c1)c1cnnn1-c1ccccc1. The molecule has 0 aliphatic carbocycles. The predicted molar refractivity (Wildman–Crippen MR) is 74.0 cm³/mol. The van der Waals surface area contributed by atoms with Gasteiger partial charge >= 0.3 is 0 Å². The molecule has 5 nitrogen and oxygen atoms in total. The molecule has 98 valence electrons. The van der Waals surface area contributed by atoms with Gasteiger partial charge in [-0.05, 0) is 24.3 Å². The third-order valence-electron chi connectivity index (χ3n) is 2.77. The van der Waals surface area contributed by atoms with Crippen LogP contribution >= 0.6 is 11.6 Å². The molecule has 6 heteroatoms. The number of nitrogens with zero attached hydrogens (tertiary/aromatic N) is 4. The van der Waals surface area contributed by atoms with Gasteiger partial charge in [0, 0.05) is 11.8 Å². The molecule has 0 atom stereocenters. The summed E-state index contributed by atoms with van der Waals surface area (Å²) in [6, 6.07) is 12.5. The lowest BCUT2D eigenvalue weighted by Crippen LogP contribution is -2.10. The summed E-state index contributed by atoms with van der Waals surface area (Å²) < 4.78 is 1.50. The first kappa shape index (κ1) is 12.5. The first-order chi connectivity index (χ1) is 9.75. The van der Waals surface area contributed by atoms with Crippen molar-refractivity contribution in [3.05, 3.63) is 71.3 Å². The van der Waals surface area contributed by atoms with Crippen LogP contribution < -0.4 is 0 Å². The molecule has 0 aliphatic rings. The molecule has 2 aromatic heterocycles. The number of hydrogen-bond donors (Lipinski definition) is 0. The van der Waals surface area contributed by atoms with Crippen molar-refractivity contribution >= 4 is 17.4 Å². The van der Waals surface area contributed by atoms with Crippen LogP contribution in [0.5, 0.6) is 0 Å². The highest BCUT2D eigenvalue weighted by Gasteiger charge is 2.16. The Morgan fingerprint density at radius 3 is 2.70 bits per heavy atom. The minimum absolute atomic E-state index is 0.205. The molecule has 0 spiro atoms. The smallest absolute Gasteiger partial charge is 0.213 e. The van der Waals surface area contributed by atoms with Gasteiger partial charge in [0.15, 0.2) is 0 Å². The maximum Gasteiger partial charge on any atom is 0.213 e. The average molecular weight is 285 g/mol. The van der Waals surface area contributed by atoms with Gasteiger partial charge in [0.05, 0.1) is 11.9 Å². The van der Waals surface area contributed by atoms with Gasteiger partial charge in [0.25, 0.3) is 0 Å². The second-order valence-corrected chi connectivity index (χ2v) is 4.45. The van der Waals surface area contributed by atoms with Crippen LogP contribution in [0.4, 0.5) is 0 Å². The zero-order valence-corrected chi connectivity index (χ0v) is 11.0. The maximum absolute atomic E-state index is 12.5. The van der Waals surface area contributed by atoms with E-state index >= 15 is 0 Å². The molecule has 0 fully saturated rings. The fourth-order valence-corrected chi connectivity index (χ4v) is 2.02. The van der Waals surface area contributed by atoms with Crippen molar-refractivity contribution in [2.45, 2.75) is 0 Å². The van der Waals surface area contributed by atoms with E-state index in [9.17, 15) is 4.79 Å². The second-order valence-electron chi connectivity index (χ2n) is 4.06. The Balaban J connectivity index is 2.04. The summed E-state index contributed by atoms with van der Waals surface area (Å²) in [5.41, 5.74) is 1.59. The number of benzene rings is 1. The molecule has 0 saturated carbocycles. The van der Waals surface area contributed by atoms with Gasteiger partial charge in [-0.1, -0.05) is 35.0 Å². The number of carbonyl (C=O) groups excluding carboxylic acids is 1. The van der Waals surface area contributed by atoms with Gasteiger partial charge in [-0.3, -0.25) is 4.79 Å². The number of ketones is 1. The Morgan fingerprint density at radius 2 is 1.95 bits per heavy atom. The summed E-state index contributed by atoms with van der Waals surface area (Å²) in [5.74, 6) is -0.205. The van der Waals surface area contributed by atoms with Crippen LogP contribution in [-0.2, 0) is 0 Å². The van der Waals surface area contributed by atoms with E-state index in [4.69, 9.17) is 11.6 Å². The van der Waals surface area contributed by atoms with Crippen LogP contribution in [0.1, 0.15) is 16.1 Å². The van der Waals surface area contributed by atoms with Gasteiger partial charge in [-0.15, -0.1) is 5.10 Å². The first-order valence-corrected chi connectivity index (χ1v) is 6.26. The molecule has 3 rings (SSSR count). The van der Waals surface area contributed by atoms with E-state index in [2.05, 4.69) is 15.3 Å². The van der Waals surface area contributed by atoms with E-state index in [1.807, 2.05) is 30.3 Å². The van der Waals surface area contributed by atoms with E-state index in [0.717, 1.165) is 5.69 Å². The number of rotatable bonds is 3. The number of para-hydroxylation sites is 1. The normalized spacial score (nSPS) is 10.4. The summed E-state index contributed by atoms with van der Waals surface area (Å²) in [4.78, 5) is 16.3. The molecule has 0 aliphatic heterocycles. The summed E-state index contributed by atoms with van der Waals surface area (Å²) in [5, 5.41) is 8.04. The summed E-state index contributed by atoms with van der Waals surface area (Å²) in [7, 11) is 0. The third-order valence-corrected chi connectivity index (χ3v) is 2.98. The van der Waals surface area contributed by atoms with Crippen molar-refractivity contribution in [1.82, 2.24) is 20.0 Å². The number of hydrogen-bond acceptors (Lipinski definition) is 4. The van der Waals surface area contributed by atoms with Gasteiger partial charge in [-0.25, -0.2) is 9.67 Å². The quantitative estimate of drug-likeness (QED) is 0.548. The molecular formula is C14H9ClN4O. The Hall–Kier alpha value is -2.53. The lowest BCUT2D eigenvalue weighted by atomic mass is 10.1. The minimum Gasteiger partial charge on any atom is -0.287 e. The Kier molecular flexibility index (Phi) is 3.26. The molecule has 0 radical (unpaired) electrons. The second kappa shape index (κ2) is 5.22. The summed E-state index contributed by atoms with van der Waals surface area (Å²) in [6.07, 6.45) is 2.93. The number of pyridine rings is 1. The average Bonchev–Trinajstić information content (AvgIpc) is 2.97. The van der Waals surface area contributed by atoms with E-state index in [1.54, 1.807) is 6.07 Å². The van der Waals surface area contributed by atoms with Crippen molar-refractivity contribution in [1.29, 1.82) is 0 Å². The van der Waals surface area contributed by atoms with Gasteiger partial charge < -0.3 is 0 Å². The molecule has 0 bridgehead atoms. The minimum atomic E-state index is -0.205. The fourth-order valence-electron chi connectivity index (χ4n) is 1.84. The lowest BCUT2D eigenvalue weighted by molar-refractivity contribution is 0.103. The molecule has 3 aromatic rings. The number of carbonyl (C=O) groups is 1. The van der Waals surface area contributed by atoms with Crippen molar-refractivity contribution in [3.8, 4) is 5.69 Å². The standard InChI is InChI=1S/C14H9ClN4O/c15-13-8-10(6-7-16-13)14(20)12-9-17-18-19(12)11-4-2-1-3-5-11/h1-9H. The predicted octanol–water partition coefficient (Wildman–Crippen LogP) is 2.55. The van der Waals surface area contributed by atoms with Crippen LogP contribution in [0.2, 0.25) is 5.15 Å². The highest BCUT2D eigenvalue weighted by molar-refractivity contribution is 6.29. The summed E-state index contributed by atoms with van der Waals surface area (Å²) >= 11 is 5.81. The van der Waals surface area contributed by atoms with Crippen LogP contribution in [0.15, 0.2) is 54.9 Å². The molecule has 0 amide bonds. The van der Waals surface area contributed by atoms with E-state index in [0.29, 0.717) is 11.3 Å². The van der Waals surface area contributed by atoms with Crippen molar-refractivity contribution in [3.63, 3.8) is 0 Å². The number of halogens is 1. The van der Waals surface area contributed by atoms with Crippen LogP contribution in [0, 0.1) is 0 Å². The third kappa shape index (κ3) is 2.31. The van der Waals surface area contributed by atoms with Crippen molar-refractivity contribution in [2.75, 3.05) is 0 Å². The molecule has 0 unspecified atom stereocenters. The first-order valence-electron chi connectivity index (χ1n) is 5.88. The molecule has 1 aromatic carbocycles. The largest absolute Gasteiger partial charge is 0.287 e. The van der Waals surface area contributed by atoms with E-state index in [-0.39, 0.29) is 10.9 Å². The van der Waals surface area contributed by atoms with Crippen LogP contribution in [0.3, 0.4) is 0 Å². The van der Waals surface area contributed by atoms with E-state index in [1.165, 1.54) is 23.1 Å². The monoisotopic (exact) mass is 284 g/mol. The Bertz CT molecular complexity index is 755. The Labute approximate surface area is 119 Å². The zero-order valence-electron chi connectivity index (χ0n) is 10.3. The lowest BCUT2D eigenvalue weighted by Gasteiger charge is -2.05.